The second-order valence-electron chi connectivity index (χ2n) is 4.92. The van der Waals surface area contributed by atoms with E-state index in [-0.39, 0.29) is 5.78 Å². The minimum Gasteiger partial charge on any atom is -0.387 e. The van der Waals surface area contributed by atoms with Gasteiger partial charge in [-0.3, -0.25) is 4.79 Å². The van der Waals surface area contributed by atoms with Crippen molar-refractivity contribution in [3.63, 3.8) is 0 Å². The molecule has 2 aromatic carbocycles. The minimum atomic E-state index is -0.975. The number of benzene rings is 2. The van der Waals surface area contributed by atoms with Gasteiger partial charge in [-0.25, -0.2) is 0 Å². The summed E-state index contributed by atoms with van der Waals surface area (Å²) in [4.78, 5) is 10.8. The molecule has 0 fully saturated rings. The normalized spacial score (nSPS) is 16.5. The van der Waals surface area contributed by atoms with Crippen molar-refractivity contribution >= 4 is 37.6 Å². The zero-order chi connectivity index (χ0) is 16.1. The topological polar surface area (TPSA) is 57.5 Å². The maximum Gasteiger partial charge on any atom is 0.166 e. The molecule has 0 bridgehead atoms. The van der Waals surface area contributed by atoms with Gasteiger partial charge in [0, 0.05) is 0 Å². The van der Waals surface area contributed by atoms with Crippen molar-refractivity contribution in [1.29, 1.82) is 0 Å². The van der Waals surface area contributed by atoms with Gasteiger partial charge in [-0.15, -0.1) is 0 Å². The van der Waals surface area contributed by atoms with Crippen molar-refractivity contribution in [3.8, 4) is 0 Å². The van der Waals surface area contributed by atoms with Crippen molar-refractivity contribution in [3.05, 3.63) is 71.8 Å². The van der Waals surface area contributed by atoms with E-state index in [0.29, 0.717) is 11.1 Å². The van der Waals surface area contributed by atoms with E-state index in [2.05, 4.69) is 31.9 Å². The van der Waals surface area contributed by atoms with Crippen molar-refractivity contribution in [2.45, 2.75) is 21.9 Å². The van der Waals surface area contributed by atoms with Gasteiger partial charge in [-0.05, 0) is 11.1 Å². The van der Waals surface area contributed by atoms with Crippen LogP contribution in [-0.2, 0) is 4.79 Å². The van der Waals surface area contributed by atoms with Crippen LogP contribution in [0.1, 0.15) is 23.3 Å². The smallest absolute Gasteiger partial charge is 0.166 e. The first-order chi connectivity index (χ1) is 10.5. The summed E-state index contributed by atoms with van der Waals surface area (Å²) in [5.74, 6) is -0.312. The van der Waals surface area contributed by atoms with Crippen LogP contribution in [0.5, 0.6) is 0 Å². The standard InChI is InChI=1S/C17H16Br2O3/c18-13(15(20)11-7-3-1-4-8-11)17(22)14(19)16(21)12-9-5-2-6-10-12/h1-10,13-16,20-21H/t13-,14-,15-,16-/m1/s1. The third-order valence-electron chi connectivity index (χ3n) is 3.38. The van der Waals surface area contributed by atoms with Crippen molar-refractivity contribution < 1.29 is 15.0 Å². The van der Waals surface area contributed by atoms with Crippen LogP contribution in [0, 0.1) is 0 Å². The van der Waals surface area contributed by atoms with Crippen molar-refractivity contribution in [1.82, 2.24) is 0 Å². The lowest BCUT2D eigenvalue weighted by molar-refractivity contribution is -0.121. The molecule has 5 heteroatoms. The molecule has 116 valence electrons. The zero-order valence-electron chi connectivity index (χ0n) is 11.6. The third kappa shape index (κ3) is 4.04. The molecular formula is C17H16Br2O3. The average molecular weight is 428 g/mol. The molecule has 4 atom stereocenters. The lowest BCUT2D eigenvalue weighted by atomic mass is 9.98. The molecule has 2 aromatic rings. The van der Waals surface area contributed by atoms with Gasteiger partial charge in [0.2, 0.25) is 0 Å². The Bertz CT molecular complexity index is 550. The Morgan fingerprint density at radius 2 is 1.05 bits per heavy atom. The van der Waals surface area contributed by atoms with Gasteiger partial charge in [0.1, 0.15) is 9.65 Å². The summed E-state index contributed by atoms with van der Waals surface area (Å²) in [6, 6.07) is 17.9. The van der Waals surface area contributed by atoms with Gasteiger partial charge in [0.15, 0.2) is 5.78 Å². The monoisotopic (exact) mass is 426 g/mol. The van der Waals surface area contributed by atoms with E-state index < -0.39 is 21.9 Å². The Hall–Kier alpha value is -1.01. The van der Waals surface area contributed by atoms with Gasteiger partial charge in [0.05, 0.1) is 12.2 Å². The highest BCUT2D eigenvalue weighted by Crippen LogP contribution is 2.30. The Balaban J connectivity index is 2.10. The van der Waals surface area contributed by atoms with E-state index in [1.54, 1.807) is 48.5 Å². The van der Waals surface area contributed by atoms with Crippen LogP contribution >= 0.6 is 31.9 Å². The second kappa shape index (κ2) is 8.02. The van der Waals surface area contributed by atoms with E-state index in [1.807, 2.05) is 12.1 Å². The number of carbonyl (C=O) groups is 1. The van der Waals surface area contributed by atoms with Crippen LogP contribution < -0.4 is 0 Å². The first kappa shape index (κ1) is 17.3. The van der Waals surface area contributed by atoms with E-state index in [0.717, 1.165) is 0 Å². The van der Waals surface area contributed by atoms with Crippen LogP contribution in [-0.4, -0.2) is 25.7 Å². The molecule has 0 saturated carbocycles. The molecule has 2 rings (SSSR count). The third-order valence-corrected chi connectivity index (χ3v) is 5.28. The number of halogens is 2. The highest BCUT2D eigenvalue weighted by atomic mass is 79.9. The van der Waals surface area contributed by atoms with Crippen molar-refractivity contribution in [2.24, 2.45) is 0 Å². The molecule has 0 aromatic heterocycles. The number of hydrogen-bond acceptors (Lipinski definition) is 3. The molecule has 0 saturated heterocycles. The quantitative estimate of drug-likeness (QED) is 0.693. The van der Waals surface area contributed by atoms with Crippen molar-refractivity contribution in [2.75, 3.05) is 0 Å². The number of aliphatic hydroxyl groups is 2. The predicted octanol–water partition coefficient (Wildman–Crippen LogP) is 3.55. The molecule has 0 radical (unpaired) electrons. The number of carbonyl (C=O) groups excluding carboxylic acids is 1. The molecule has 2 N–H and O–H groups in total. The van der Waals surface area contributed by atoms with Gasteiger partial charge in [-0.1, -0.05) is 92.5 Å². The van der Waals surface area contributed by atoms with E-state index in [1.165, 1.54) is 0 Å². The molecule has 0 aliphatic heterocycles. The maximum atomic E-state index is 12.5. The van der Waals surface area contributed by atoms with Gasteiger partial charge in [-0.2, -0.15) is 0 Å². The van der Waals surface area contributed by atoms with Crippen LogP contribution in [0.25, 0.3) is 0 Å². The summed E-state index contributed by atoms with van der Waals surface area (Å²) in [6.07, 6.45) is -1.95. The maximum absolute atomic E-state index is 12.5. The van der Waals surface area contributed by atoms with Crippen LogP contribution in [0.3, 0.4) is 0 Å². The minimum absolute atomic E-state index is 0.312. The van der Waals surface area contributed by atoms with Gasteiger partial charge in [0.25, 0.3) is 0 Å². The fraction of sp³-hybridized carbons (Fsp3) is 0.235. The molecular weight excluding hydrogens is 412 g/mol. The highest BCUT2D eigenvalue weighted by molar-refractivity contribution is 9.10. The molecule has 0 unspecified atom stereocenters. The summed E-state index contributed by atoms with van der Waals surface area (Å²) in [5.41, 5.74) is 1.29. The number of rotatable bonds is 6. The summed E-state index contributed by atoms with van der Waals surface area (Å²) >= 11 is 6.49. The Kier molecular flexibility index (Phi) is 6.32. The second-order valence-corrected chi connectivity index (χ2v) is 6.89. The first-order valence-electron chi connectivity index (χ1n) is 6.80. The Morgan fingerprint density at radius 1 is 0.727 bits per heavy atom. The van der Waals surface area contributed by atoms with E-state index in [9.17, 15) is 15.0 Å². The fourth-order valence-electron chi connectivity index (χ4n) is 2.10. The summed E-state index contributed by atoms with van der Waals surface area (Å²) in [7, 11) is 0. The van der Waals surface area contributed by atoms with Gasteiger partial charge < -0.3 is 10.2 Å². The number of Topliss-reactive ketones (excluding diaryl/α,β-unsaturated/α-hetero) is 1. The molecule has 3 nitrogen and oxygen atoms in total. The number of hydrogen-bond donors (Lipinski definition) is 2. The lowest BCUT2D eigenvalue weighted by Gasteiger charge is -2.22. The van der Waals surface area contributed by atoms with E-state index in [4.69, 9.17) is 0 Å². The lowest BCUT2D eigenvalue weighted by Crippen LogP contribution is -2.33. The van der Waals surface area contributed by atoms with Crippen LogP contribution in [0.2, 0.25) is 0 Å². The average Bonchev–Trinajstić information content (AvgIpc) is 2.60. The Morgan fingerprint density at radius 3 is 1.36 bits per heavy atom. The Labute approximate surface area is 146 Å². The molecule has 22 heavy (non-hydrogen) atoms. The summed E-state index contributed by atoms with van der Waals surface area (Å²) < 4.78 is 0. The van der Waals surface area contributed by atoms with Crippen LogP contribution in [0.15, 0.2) is 60.7 Å². The number of aliphatic hydroxyl groups excluding tert-OH is 2. The molecule has 0 spiro atoms. The largest absolute Gasteiger partial charge is 0.387 e. The number of alkyl halides is 2. The van der Waals surface area contributed by atoms with Gasteiger partial charge >= 0.3 is 0 Å². The molecule has 0 heterocycles. The molecule has 0 aliphatic rings. The fourth-order valence-corrected chi connectivity index (χ4v) is 3.64. The van der Waals surface area contributed by atoms with Crippen LogP contribution in [0.4, 0.5) is 0 Å². The zero-order valence-corrected chi connectivity index (χ0v) is 14.8. The SMILES string of the molecule is O=C([C@H](Br)[C@H](O)c1ccccc1)[C@H](Br)[C@H](O)c1ccccc1. The summed E-state index contributed by atoms with van der Waals surface area (Å²) in [5, 5.41) is 20.6. The highest BCUT2D eigenvalue weighted by Gasteiger charge is 2.34. The molecule has 0 aliphatic carbocycles. The van der Waals surface area contributed by atoms with E-state index >= 15 is 0 Å². The predicted molar refractivity (Wildman–Crippen MR) is 93.2 cm³/mol. The first-order valence-corrected chi connectivity index (χ1v) is 8.63. The summed E-state index contributed by atoms with van der Waals surface area (Å²) in [6.45, 7) is 0. The number of ketones is 1. The molecule has 0 amide bonds.